The Kier molecular flexibility index (Phi) is 1.78. The van der Waals surface area contributed by atoms with Gasteiger partial charge in [-0.15, -0.1) is 0 Å². The number of aldehydes is 1. The van der Waals surface area contributed by atoms with Crippen molar-refractivity contribution < 1.29 is 19.1 Å². The molecule has 1 aromatic heterocycles. The molecule has 0 aliphatic carbocycles. The van der Waals surface area contributed by atoms with E-state index in [1.54, 1.807) is 12.1 Å². The van der Waals surface area contributed by atoms with Crippen LogP contribution >= 0.6 is 0 Å². The van der Waals surface area contributed by atoms with E-state index in [4.69, 9.17) is 9.52 Å². The summed E-state index contributed by atoms with van der Waals surface area (Å²) in [6, 6.07) is 4.73. The summed E-state index contributed by atoms with van der Waals surface area (Å²) in [6.07, 6.45) is 0.596. The number of aromatic carboxylic acids is 1. The molecule has 2 aromatic rings. The van der Waals surface area contributed by atoms with Crippen LogP contribution in [-0.4, -0.2) is 22.3 Å². The molecule has 70 valence electrons. The number of carbonyl (C=O) groups excluding carboxylic acids is 1. The molecule has 0 radical (unpaired) electrons. The van der Waals surface area contributed by atoms with Gasteiger partial charge in [-0.3, -0.25) is 4.79 Å². The highest BCUT2D eigenvalue weighted by Gasteiger charge is 2.14. The summed E-state index contributed by atoms with van der Waals surface area (Å²) in [7, 11) is 0. The third-order valence-electron chi connectivity index (χ3n) is 1.76. The molecular formula is C9H5NO4. The summed E-state index contributed by atoms with van der Waals surface area (Å²) < 4.78 is 4.91. The number of hydrogen-bond donors (Lipinski definition) is 1. The van der Waals surface area contributed by atoms with E-state index in [-0.39, 0.29) is 5.58 Å². The van der Waals surface area contributed by atoms with Gasteiger partial charge in [-0.1, -0.05) is 6.07 Å². The lowest BCUT2D eigenvalue weighted by atomic mass is 10.2. The normalized spacial score (nSPS) is 10.3. The second kappa shape index (κ2) is 2.95. The molecule has 0 unspecified atom stereocenters. The Labute approximate surface area is 78.0 Å². The second-order valence-electron chi connectivity index (χ2n) is 2.64. The molecule has 0 amide bonds. The summed E-state index contributed by atoms with van der Waals surface area (Å²) in [6.45, 7) is 0. The zero-order chi connectivity index (χ0) is 10.1. The lowest BCUT2D eigenvalue weighted by Crippen LogP contribution is -1.94. The SMILES string of the molecule is O=Cc1cccc2nc(C(=O)O)oc12. The number of carboxylic acids is 1. The fraction of sp³-hybridized carbons (Fsp3) is 0. The number of aromatic nitrogens is 1. The number of carbonyl (C=O) groups is 2. The Balaban J connectivity index is 2.76. The minimum atomic E-state index is -1.25. The lowest BCUT2D eigenvalue weighted by Gasteiger charge is -1.88. The van der Waals surface area contributed by atoms with E-state index in [9.17, 15) is 9.59 Å². The molecule has 0 bridgehead atoms. The van der Waals surface area contributed by atoms with Crippen LogP contribution in [0.15, 0.2) is 22.6 Å². The first-order valence-corrected chi connectivity index (χ1v) is 3.80. The number of fused-ring (bicyclic) bond motifs is 1. The van der Waals surface area contributed by atoms with Crippen molar-refractivity contribution in [2.24, 2.45) is 0 Å². The predicted octanol–water partition coefficient (Wildman–Crippen LogP) is 1.34. The van der Waals surface area contributed by atoms with Gasteiger partial charge in [0.1, 0.15) is 5.52 Å². The highest BCUT2D eigenvalue weighted by atomic mass is 16.4. The van der Waals surface area contributed by atoms with Crippen molar-refractivity contribution in [3.63, 3.8) is 0 Å². The number of rotatable bonds is 2. The molecule has 0 fully saturated rings. The van der Waals surface area contributed by atoms with Crippen LogP contribution < -0.4 is 0 Å². The van der Waals surface area contributed by atoms with Crippen molar-refractivity contribution in [2.75, 3.05) is 0 Å². The molecule has 1 N–H and O–H groups in total. The number of nitrogens with zero attached hydrogens (tertiary/aromatic N) is 1. The number of oxazole rings is 1. The minimum absolute atomic E-state index is 0.208. The first-order valence-electron chi connectivity index (χ1n) is 3.80. The van der Waals surface area contributed by atoms with Crippen molar-refractivity contribution in [3.8, 4) is 0 Å². The largest absolute Gasteiger partial charge is 0.474 e. The van der Waals surface area contributed by atoms with Crippen LogP contribution in [-0.2, 0) is 0 Å². The van der Waals surface area contributed by atoms with Crippen LogP contribution in [0.3, 0.4) is 0 Å². The molecular weight excluding hydrogens is 186 g/mol. The maximum atomic E-state index is 10.6. The molecule has 1 aromatic carbocycles. The van der Waals surface area contributed by atoms with E-state index >= 15 is 0 Å². The van der Waals surface area contributed by atoms with Crippen LogP contribution in [0.25, 0.3) is 11.1 Å². The van der Waals surface area contributed by atoms with Crippen LogP contribution in [0.4, 0.5) is 0 Å². The summed E-state index contributed by atoms with van der Waals surface area (Å²) in [4.78, 5) is 24.8. The van der Waals surface area contributed by atoms with E-state index in [1.807, 2.05) is 0 Å². The molecule has 14 heavy (non-hydrogen) atoms. The van der Waals surface area contributed by atoms with Crippen molar-refractivity contribution in [2.45, 2.75) is 0 Å². The van der Waals surface area contributed by atoms with Gasteiger partial charge in [0, 0.05) is 0 Å². The first-order chi connectivity index (χ1) is 6.72. The smallest absolute Gasteiger partial charge is 0.392 e. The lowest BCUT2D eigenvalue weighted by molar-refractivity contribution is 0.0656. The number of para-hydroxylation sites is 1. The van der Waals surface area contributed by atoms with Gasteiger partial charge in [0.2, 0.25) is 0 Å². The van der Waals surface area contributed by atoms with E-state index < -0.39 is 11.9 Å². The molecule has 5 nitrogen and oxygen atoms in total. The van der Waals surface area contributed by atoms with Crippen LogP contribution in [0.5, 0.6) is 0 Å². The van der Waals surface area contributed by atoms with Gasteiger partial charge in [-0.25, -0.2) is 9.78 Å². The standard InChI is InChI=1S/C9H5NO4/c11-4-5-2-1-3-6-7(5)14-8(10-6)9(12)13/h1-4H,(H,12,13). The van der Waals surface area contributed by atoms with Gasteiger partial charge in [0.15, 0.2) is 11.9 Å². The fourth-order valence-electron chi connectivity index (χ4n) is 1.15. The Morgan fingerprint density at radius 3 is 2.93 bits per heavy atom. The Morgan fingerprint density at radius 2 is 2.29 bits per heavy atom. The molecule has 5 heteroatoms. The summed E-state index contributed by atoms with van der Waals surface area (Å²) >= 11 is 0. The molecule has 0 atom stereocenters. The van der Waals surface area contributed by atoms with Gasteiger partial charge in [-0.05, 0) is 12.1 Å². The molecule has 0 saturated carbocycles. The van der Waals surface area contributed by atoms with Gasteiger partial charge in [-0.2, -0.15) is 0 Å². The van der Waals surface area contributed by atoms with Crippen molar-refractivity contribution >= 4 is 23.4 Å². The van der Waals surface area contributed by atoms with Crippen molar-refractivity contribution in [3.05, 3.63) is 29.7 Å². The molecule has 0 spiro atoms. The minimum Gasteiger partial charge on any atom is -0.474 e. The third kappa shape index (κ3) is 1.15. The Morgan fingerprint density at radius 1 is 1.50 bits per heavy atom. The topological polar surface area (TPSA) is 80.4 Å². The Bertz CT molecular complexity index is 515. The predicted molar refractivity (Wildman–Crippen MR) is 46.4 cm³/mol. The monoisotopic (exact) mass is 191 g/mol. The summed E-state index contributed by atoms with van der Waals surface area (Å²) in [5.74, 6) is -1.66. The van der Waals surface area contributed by atoms with Gasteiger partial charge >= 0.3 is 11.9 Å². The first kappa shape index (κ1) is 8.43. The highest BCUT2D eigenvalue weighted by molar-refractivity contribution is 5.95. The summed E-state index contributed by atoms with van der Waals surface area (Å²) in [5.41, 5.74) is 0.870. The fourth-order valence-corrected chi connectivity index (χ4v) is 1.15. The number of benzene rings is 1. The average Bonchev–Trinajstić information content (AvgIpc) is 2.60. The highest BCUT2D eigenvalue weighted by Crippen LogP contribution is 2.18. The van der Waals surface area contributed by atoms with Crippen LogP contribution in [0.2, 0.25) is 0 Å². The van der Waals surface area contributed by atoms with E-state index in [0.717, 1.165) is 0 Å². The quantitative estimate of drug-likeness (QED) is 0.724. The molecule has 1 heterocycles. The van der Waals surface area contributed by atoms with Crippen molar-refractivity contribution in [1.82, 2.24) is 4.98 Å². The maximum absolute atomic E-state index is 10.6. The molecule has 0 aliphatic heterocycles. The molecule has 2 rings (SSSR count). The summed E-state index contributed by atoms with van der Waals surface area (Å²) in [5, 5.41) is 8.60. The average molecular weight is 191 g/mol. The van der Waals surface area contributed by atoms with E-state index in [1.165, 1.54) is 6.07 Å². The van der Waals surface area contributed by atoms with E-state index in [2.05, 4.69) is 4.98 Å². The third-order valence-corrected chi connectivity index (χ3v) is 1.76. The second-order valence-corrected chi connectivity index (χ2v) is 2.64. The number of carboxylic acid groups (broad SMARTS) is 1. The Hall–Kier alpha value is -2.17. The van der Waals surface area contributed by atoms with Gasteiger partial charge in [0.05, 0.1) is 5.56 Å². The number of hydrogen-bond acceptors (Lipinski definition) is 4. The zero-order valence-corrected chi connectivity index (χ0v) is 6.93. The van der Waals surface area contributed by atoms with Gasteiger partial charge in [0.25, 0.3) is 0 Å². The zero-order valence-electron chi connectivity index (χ0n) is 6.93. The molecule has 0 aliphatic rings. The van der Waals surface area contributed by atoms with E-state index in [0.29, 0.717) is 17.4 Å². The van der Waals surface area contributed by atoms with Crippen molar-refractivity contribution in [1.29, 1.82) is 0 Å². The van der Waals surface area contributed by atoms with Crippen LogP contribution in [0, 0.1) is 0 Å². The van der Waals surface area contributed by atoms with Crippen LogP contribution in [0.1, 0.15) is 21.0 Å². The maximum Gasteiger partial charge on any atom is 0.392 e. The molecule has 0 saturated heterocycles. The van der Waals surface area contributed by atoms with Gasteiger partial charge < -0.3 is 9.52 Å².